The van der Waals surface area contributed by atoms with Gasteiger partial charge in [-0.05, 0) is 38.0 Å². The van der Waals surface area contributed by atoms with E-state index in [1.807, 2.05) is 0 Å². The molecule has 1 heterocycles. The first-order chi connectivity index (χ1) is 15.9. The Bertz CT molecular complexity index is 1140. The van der Waals surface area contributed by atoms with Crippen molar-refractivity contribution in [2.24, 2.45) is 5.92 Å². The fourth-order valence-electron chi connectivity index (χ4n) is 3.17. The maximum Gasteiger partial charge on any atom is 0.342 e. The lowest BCUT2D eigenvalue weighted by Crippen LogP contribution is -2.32. The number of benzene rings is 1. The van der Waals surface area contributed by atoms with Crippen molar-refractivity contribution in [3.8, 4) is 17.6 Å². The van der Waals surface area contributed by atoms with Crippen molar-refractivity contribution in [3.63, 3.8) is 0 Å². The molecule has 0 saturated carbocycles. The second kappa shape index (κ2) is 12.0. The van der Waals surface area contributed by atoms with Gasteiger partial charge in [0, 0.05) is 29.7 Å². The Balaban J connectivity index is 2.48. The standard InChI is InChI=1S/C25H30O8S/c1-16-11-13-22(28)24(29)21(27)10-7-9-19-18(8-5-4-6-15-34(3,31)32)12-14-20(26)23(19)25(30)33-17(16)2/h7,9,11-14,16-17,21,24,26-27,29H,4,6,10,15H2,1-3H3/b9-7+,13-11-/t16-,17-,21-,24-/m0/s1. The Kier molecular flexibility index (Phi) is 9.62. The van der Waals surface area contributed by atoms with Crippen LogP contribution in [0.3, 0.4) is 0 Å². The number of aliphatic hydroxyl groups excluding tert-OH is 2. The average molecular weight is 491 g/mol. The Morgan fingerprint density at radius 2 is 1.85 bits per heavy atom. The van der Waals surface area contributed by atoms with E-state index in [1.54, 1.807) is 13.8 Å². The summed E-state index contributed by atoms with van der Waals surface area (Å²) in [5.74, 6) is 3.63. The summed E-state index contributed by atoms with van der Waals surface area (Å²) >= 11 is 0. The first-order valence-corrected chi connectivity index (χ1v) is 12.9. The summed E-state index contributed by atoms with van der Waals surface area (Å²) in [5.41, 5.74) is 0.533. The number of rotatable bonds is 3. The molecule has 0 aliphatic carbocycles. The number of hydrogen-bond acceptors (Lipinski definition) is 8. The predicted octanol–water partition coefficient (Wildman–Crippen LogP) is 2.01. The van der Waals surface area contributed by atoms with E-state index in [9.17, 15) is 33.3 Å². The van der Waals surface area contributed by atoms with Crippen molar-refractivity contribution in [2.75, 3.05) is 12.0 Å². The SMILES string of the molecule is C[C@@H]1OC(=O)c2c(O)ccc(C#CCCCS(C)(=O)=O)c2/C=C/C[C@H](O)[C@H](O)C(=O)/C=C\[C@@H]1C. The Hall–Kier alpha value is -2.93. The fourth-order valence-corrected chi connectivity index (χ4v) is 3.83. The molecule has 2 rings (SSSR count). The molecule has 0 bridgehead atoms. The summed E-state index contributed by atoms with van der Waals surface area (Å²) in [7, 11) is -3.09. The van der Waals surface area contributed by atoms with Gasteiger partial charge in [0.25, 0.3) is 0 Å². The van der Waals surface area contributed by atoms with Gasteiger partial charge in [-0.3, -0.25) is 4.79 Å². The second-order valence-corrected chi connectivity index (χ2v) is 10.6. The summed E-state index contributed by atoms with van der Waals surface area (Å²) in [6, 6.07) is 2.84. The highest BCUT2D eigenvalue weighted by atomic mass is 32.2. The first kappa shape index (κ1) is 27.3. The lowest BCUT2D eigenvalue weighted by molar-refractivity contribution is -0.127. The van der Waals surface area contributed by atoms with Crippen LogP contribution < -0.4 is 0 Å². The van der Waals surface area contributed by atoms with Crippen LogP contribution in [0.25, 0.3) is 6.08 Å². The number of phenolic OH excluding ortho intramolecular Hbond substituents is 1. The number of ether oxygens (including phenoxy) is 1. The summed E-state index contributed by atoms with van der Waals surface area (Å²) in [6.07, 6.45) is 3.62. The third-order valence-electron chi connectivity index (χ3n) is 5.38. The number of aromatic hydroxyl groups is 1. The number of carbonyl (C=O) groups excluding carboxylic acids is 2. The molecule has 0 spiro atoms. The number of unbranched alkanes of at least 4 members (excludes halogenated alkanes) is 1. The normalized spacial score (nSPS) is 25.8. The van der Waals surface area contributed by atoms with Gasteiger partial charge in [-0.1, -0.05) is 37.0 Å². The summed E-state index contributed by atoms with van der Waals surface area (Å²) in [5, 5.41) is 30.7. The molecule has 8 nitrogen and oxygen atoms in total. The van der Waals surface area contributed by atoms with Crippen LogP contribution in [0.2, 0.25) is 0 Å². The zero-order valence-electron chi connectivity index (χ0n) is 19.4. The van der Waals surface area contributed by atoms with E-state index in [0.717, 1.165) is 12.3 Å². The molecule has 0 unspecified atom stereocenters. The minimum absolute atomic E-state index is 0.00501. The number of sulfone groups is 1. The molecule has 9 heteroatoms. The molecule has 4 atom stereocenters. The molecule has 0 amide bonds. The van der Waals surface area contributed by atoms with Crippen LogP contribution in [0.5, 0.6) is 5.75 Å². The van der Waals surface area contributed by atoms with E-state index >= 15 is 0 Å². The quantitative estimate of drug-likeness (QED) is 0.332. The van der Waals surface area contributed by atoms with Crippen LogP contribution in [0, 0.1) is 17.8 Å². The van der Waals surface area contributed by atoms with Crippen molar-refractivity contribution in [1.82, 2.24) is 0 Å². The van der Waals surface area contributed by atoms with Crippen LogP contribution in [-0.2, 0) is 19.4 Å². The molecule has 184 valence electrons. The minimum Gasteiger partial charge on any atom is -0.507 e. The van der Waals surface area contributed by atoms with Gasteiger partial charge >= 0.3 is 5.97 Å². The number of phenols is 1. The highest BCUT2D eigenvalue weighted by Gasteiger charge is 2.25. The number of esters is 1. The predicted molar refractivity (Wildman–Crippen MR) is 128 cm³/mol. The molecule has 0 aromatic heterocycles. The third-order valence-corrected chi connectivity index (χ3v) is 6.41. The van der Waals surface area contributed by atoms with Crippen molar-refractivity contribution in [1.29, 1.82) is 0 Å². The van der Waals surface area contributed by atoms with Gasteiger partial charge in [-0.2, -0.15) is 0 Å². The number of cyclic esters (lactones) is 1. The van der Waals surface area contributed by atoms with Gasteiger partial charge in [-0.15, -0.1) is 0 Å². The molecule has 1 aromatic rings. The molecule has 34 heavy (non-hydrogen) atoms. The molecule has 1 aliphatic rings. The van der Waals surface area contributed by atoms with Crippen molar-refractivity contribution in [2.45, 2.75) is 51.4 Å². The Labute approximate surface area is 199 Å². The van der Waals surface area contributed by atoms with E-state index in [1.165, 1.54) is 30.4 Å². The molecule has 0 saturated heterocycles. The zero-order valence-corrected chi connectivity index (χ0v) is 20.2. The average Bonchev–Trinajstić information content (AvgIpc) is 2.75. The number of aliphatic hydroxyl groups is 2. The lowest BCUT2D eigenvalue weighted by Gasteiger charge is -2.20. The summed E-state index contributed by atoms with van der Waals surface area (Å²) in [6.45, 7) is 3.35. The van der Waals surface area contributed by atoms with Gasteiger partial charge < -0.3 is 20.1 Å². The van der Waals surface area contributed by atoms with Crippen LogP contribution >= 0.6 is 0 Å². The highest BCUT2D eigenvalue weighted by Crippen LogP contribution is 2.28. The van der Waals surface area contributed by atoms with E-state index < -0.39 is 39.9 Å². The smallest absolute Gasteiger partial charge is 0.342 e. The fraction of sp³-hybridized carbons (Fsp3) is 0.440. The van der Waals surface area contributed by atoms with Crippen molar-refractivity contribution in [3.05, 3.63) is 47.1 Å². The second-order valence-electron chi connectivity index (χ2n) is 8.34. The maximum absolute atomic E-state index is 13.0. The summed E-state index contributed by atoms with van der Waals surface area (Å²) in [4.78, 5) is 25.1. The van der Waals surface area contributed by atoms with E-state index in [0.29, 0.717) is 18.4 Å². The molecule has 3 N–H and O–H groups in total. The van der Waals surface area contributed by atoms with Crippen LogP contribution in [0.1, 0.15) is 54.6 Å². The number of fused-ring (bicyclic) bond motifs is 1. The topological polar surface area (TPSA) is 138 Å². The first-order valence-electron chi connectivity index (χ1n) is 10.9. The van der Waals surface area contributed by atoms with Gasteiger partial charge in [0.1, 0.15) is 33.4 Å². The lowest BCUT2D eigenvalue weighted by atomic mass is 9.97. The number of ketones is 1. The van der Waals surface area contributed by atoms with Crippen LogP contribution in [0.15, 0.2) is 30.4 Å². The number of hydrogen-bond donors (Lipinski definition) is 3. The molecule has 0 radical (unpaired) electrons. The molecular weight excluding hydrogens is 460 g/mol. The van der Waals surface area contributed by atoms with Crippen LogP contribution in [0.4, 0.5) is 0 Å². The van der Waals surface area contributed by atoms with Gasteiger partial charge in [-0.25, -0.2) is 13.2 Å². The zero-order chi connectivity index (χ0) is 25.5. The van der Waals surface area contributed by atoms with E-state index in [4.69, 9.17) is 4.74 Å². The van der Waals surface area contributed by atoms with E-state index in [2.05, 4.69) is 11.8 Å². The monoisotopic (exact) mass is 490 g/mol. The molecule has 1 aromatic carbocycles. The summed E-state index contributed by atoms with van der Waals surface area (Å²) < 4.78 is 28.1. The van der Waals surface area contributed by atoms with Crippen molar-refractivity contribution < 1.29 is 38.1 Å². The largest absolute Gasteiger partial charge is 0.507 e. The van der Waals surface area contributed by atoms with Gasteiger partial charge in [0.2, 0.25) is 0 Å². The third kappa shape index (κ3) is 7.83. The number of carbonyl (C=O) groups is 2. The van der Waals surface area contributed by atoms with Gasteiger partial charge in [0.05, 0.1) is 11.9 Å². The van der Waals surface area contributed by atoms with Crippen LogP contribution in [-0.4, -0.2) is 65.8 Å². The molecular formula is C25H30O8S. The van der Waals surface area contributed by atoms with Crippen molar-refractivity contribution >= 4 is 27.7 Å². The molecule has 0 fully saturated rings. The molecule has 1 aliphatic heterocycles. The van der Waals surface area contributed by atoms with Gasteiger partial charge in [0.15, 0.2) is 5.78 Å². The Morgan fingerprint density at radius 1 is 1.15 bits per heavy atom. The van der Waals surface area contributed by atoms with E-state index in [-0.39, 0.29) is 35.0 Å². The Morgan fingerprint density at radius 3 is 2.53 bits per heavy atom. The highest BCUT2D eigenvalue weighted by molar-refractivity contribution is 7.90. The maximum atomic E-state index is 13.0. The minimum atomic E-state index is -3.09.